The fourth-order valence-corrected chi connectivity index (χ4v) is 3.48. The van der Waals surface area contributed by atoms with Crippen LogP contribution in [0.1, 0.15) is 12.8 Å². The van der Waals surface area contributed by atoms with Crippen LogP contribution >= 0.6 is 43.2 Å². The second kappa shape index (κ2) is 7.07. The van der Waals surface area contributed by atoms with Gasteiger partial charge in [0.1, 0.15) is 0 Å². The van der Waals surface area contributed by atoms with Crippen molar-refractivity contribution in [2.24, 2.45) is 0 Å². The molecule has 2 fully saturated rings. The van der Waals surface area contributed by atoms with Gasteiger partial charge in [-0.1, -0.05) is 43.2 Å². The molecule has 2 saturated heterocycles. The zero-order valence-electron chi connectivity index (χ0n) is 5.88. The van der Waals surface area contributed by atoms with E-state index in [1.165, 1.54) is 35.9 Å². The SMILES string of the molecule is C1CCSSC1.C1CSS1. The summed E-state index contributed by atoms with van der Waals surface area (Å²) in [5, 5.41) is 0. The van der Waals surface area contributed by atoms with Crippen molar-refractivity contribution >= 4 is 43.2 Å². The summed E-state index contributed by atoms with van der Waals surface area (Å²) in [6.45, 7) is 0. The first kappa shape index (κ1) is 9.49. The second-order valence-corrected chi connectivity index (χ2v) is 7.40. The first-order valence-electron chi connectivity index (χ1n) is 3.49. The van der Waals surface area contributed by atoms with Crippen LogP contribution < -0.4 is 0 Å². The van der Waals surface area contributed by atoms with E-state index in [-0.39, 0.29) is 0 Å². The van der Waals surface area contributed by atoms with E-state index in [0.717, 1.165) is 0 Å². The van der Waals surface area contributed by atoms with Gasteiger partial charge in [-0.05, 0) is 12.8 Å². The third kappa shape index (κ3) is 5.10. The van der Waals surface area contributed by atoms with E-state index >= 15 is 0 Å². The molecule has 60 valence electrons. The Kier molecular flexibility index (Phi) is 6.71. The zero-order chi connectivity index (χ0) is 7.07. The highest BCUT2D eigenvalue weighted by Crippen LogP contribution is 2.31. The standard InChI is InChI=1S/C4H8S2.C2H4S2/c1-2-4-6-5-3-1;1-2-4-3-1/h1-4H2;1-2H2. The Bertz CT molecular complexity index is 52.6. The van der Waals surface area contributed by atoms with Gasteiger partial charge in [0.2, 0.25) is 0 Å². The van der Waals surface area contributed by atoms with Crippen molar-refractivity contribution in [3.05, 3.63) is 0 Å². The maximum Gasteiger partial charge on any atom is 0.0136 e. The first-order valence-corrected chi connectivity index (χ1v) is 8.46. The fourth-order valence-electron chi connectivity index (χ4n) is 0.523. The molecule has 0 aromatic rings. The van der Waals surface area contributed by atoms with Crippen LogP contribution in [0.3, 0.4) is 0 Å². The van der Waals surface area contributed by atoms with Crippen molar-refractivity contribution < 1.29 is 0 Å². The molecule has 0 amide bonds. The van der Waals surface area contributed by atoms with Gasteiger partial charge in [0.15, 0.2) is 0 Å². The third-order valence-corrected chi connectivity index (χ3v) is 6.37. The minimum absolute atomic E-state index is 1.38. The predicted molar refractivity (Wildman–Crippen MR) is 59.1 cm³/mol. The van der Waals surface area contributed by atoms with Gasteiger partial charge in [-0.3, -0.25) is 0 Å². The van der Waals surface area contributed by atoms with Crippen LogP contribution in [0.25, 0.3) is 0 Å². The topological polar surface area (TPSA) is 0 Å². The molecule has 2 aliphatic rings. The van der Waals surface area contributed by atoms with Crippen LogP contribution in [-0.4, -0.2) is 23.0 Å². The highest BCUT2D eigenvalue weighted by atomic mass is 33.1. The summed E-state index contributed by atoms with van der Waals surface area (Å²) in [4.78, 5) is 0. The van der Waals surface area contributed by atoms with E-state index in [2.05, 4.69) is 0 Å². The molecule has 0 N–H and O–H groups in total. The molecule has 0 atom stereocenters. The van der Waals surface area contributed by atoms with Gasteiger partial charge in [0.25, 0.3) is 0 Å². The van der Waals surface area contributed by atoms with Crippen LogP contribution in [0.4, 0.5) is 0 Å². The summed E-state index contributed by atoms with van der Waals surface area (Å²) in [6, 6.07) is 0. The molecule has 0 aliphatic carbocycles. The highest BCUT2D eigenvalue weighted by Gasteiger charge is 1.97. The van der Waals surface area contributed by atoms with Crippen LogP contribution in [0.15, 0.2) is 0 Å². The number of rotatable bonds is 0. The second-order valence-electron chi connectivity index (χ2n) is 2.00. The minimum Gasteiger partial charge on any atom is -0.0942 e. The van der Waals surface area contributed by atoms with E-state index in [1.54, 1.807) is 0 Å². The van der Waals surface area contributed by atoms with E-state index in [4.69, 9.17) is 0 Å². The molecule has 10 heavy (non-hydrogen) atoms. The van der Waals surface area contributed by atoms with Crippen molar-refractivity contribution in [1.29, 1.82) is 0 Å². The highest BCUT2D eigenvalue weighted by molar-refractivity contribution is 8.79. The molecule has 0 nitrogen and oxygen atoms in total. The molecule has 0 saturated carbocycles. The first-order chi connectivity index (χ1) is 5.00. The van der Waals surface area contributed by atoms with Crippen LogP contribution in [0.5, 0.6) is 0 Å². The molecular formula is C6H12S4. The smallest absolute Gasteiger partial charge is 0.0136 e. The molecule has 0 spiro atoms. The summed E-state index contributed by atoms with van der Waals surface area (Å²) in [7, 11) is 7.93. The Labute approximate surface area is 78.9 Å². The van der Waals surface area contributed by atoms with Crippen molar-refractivity contribution in [2.75, 3.05) is 23.0 Å². The Morgan fingerprint density at radius 1 is 0.500 bits per heavy atom. The molecule has 0 aromatic heterocycles. The molecule has 0 unspecified atom stereocenters. The lowest BCUT2D eigenvalue weighted by atomic mass is 10.4. The van der Waals surface area contributed by atoms with Crippen molar-refractivity contribution in [1.82, 2.24) is 0 Å². The molecule has 4 heteroatoms. The normalized spacial score (nSPS) is 24.0. The lowest BCUT2D eigenvalue weighted by Gasteiger charge is -2.04. The van der Waals surface area contributed by atoms with Gasteiger partial charge >= 0.3 is 0 Å². The summed E-state index contributed by atoms with van der Waals surface area (Å²) >= 11 is 0. The lowest BCUT2D eigenvalue weighted by Crippen LogP contribution is -1.86. The largest absolute Gasteiger partial charge is 0.0942 e. The predicted octanol–water partition coefficient (Wildman–Crippen LogP) is 3.54. The Hall–Kier alpha value is 1.40. The van der Waals surface area contributed by atoms with Crippen molar-refractivity contribution in [3.63, 3.8) is 0 Å². The van der Waals surface area contributed by atoms with Crippen LogP contribution in [-0.2, 0) is 0 Å². The van der Waals surface area contributed by atoms with Crippen LogP contribution in [0, 0.1) is 0 Å². The Balaban J connectivity index is 0.000000108. The van der Waals surface area contributed by atoms with Crippen molar-refractivity contribution in [2.45, 2.75) is 12.8 Å². The Morgan fingerprint density at radius 2 is 0.800 bits per heavy atom. The van der Waals surface area contributed by atoms with E-state index in [0.29, 0.717) is 0 Å². The van der Waals surface area contributed by atoms with Crippen LogP contribution in [0.2, 0.25) is 0 Å². The molecule has 0 aromatic carbocycles. The molecule has 0 bridgehead atoms. The monoisotopic (exact) mass is 212 g/mol. The minimum atomic E-state index is 1.38. The van der Waals surface area contributed by atoms with Gasteiger partial charge in [0, 0.05) is 23.0 Å². The number of hydrogen-bond acceptors (Lipinski definition) is 4. The molecule has 0 radical (unpaired) electrons. The number of hydrogen-bond donors (Lipinski definition) is 0. The average Bonchev–Trinajstić information content (AvgIpc) is 1.88. The average molecular weight is 212 g/mol. The van der Waals surface area contributed by atoms with Gasteiger partial charge < -0.3 is 0 Å². The zero-order valence-corrected chi connectivity index (χ0v) is 9.14. The van der Waals surface area contributed by atoms with E-state index in [9.17, 15) is 0 Å². The lowest BCUT2D eigenvalue weighted by molar-refractivity contribution is 0.906. The summed E-state index contributed by atoms with van der Waals surface area (Å²) in [6.07, 6.45) is 2.88. The van der Waals surface area contributed by atoms with Gasteiger partial charge in [-0.15, -0.1) is 0 Å². The maximum absolute atomic E-state index is 2.01. The molecular weight excluding hydrogens is 200 g/mol. The third-order valence-electron chi connectivity index (χ3n) is 1.12. The van der Waals surface area contributed by atoms with Gasteiger partial charge in [-0.25, -0.2) is 0 Å². The molecule has 2 heterocycles. The van der Waals surface area contributed by atoms with Gasteiger partial charge in [0.05, 0.1) is 0 Å². The van der Waals surface area contributed by atoms with E-state index < -0.39 is 0 Å². The molecule has 2 rings (SSSR count). The summed E-state index contributed by atoms with van der Waals surface area (Å²) in [5.74, 6) is 5.52. The quantitative estimate of drug-likeness (QED) is 0.563. The van der Waals surface area contributed by atoms with E-state index in [1.807, 2.05) is 43.2 Å². The maximum atomic E-state index is 2.01. The summed E-state index contributed by atoms with van der Waals surface area (Å²) < 4.78 is 0. The van der Waals surface area contributed by atoms with Gasteiger partial charge in [-0.2, -0.15) is 0 Å². The molecule has 2 aliphatic heterocycles. The Morgan fingerprint density at radius 3 is 0.900 bits per heavy atom. The summed E-state index contributed by atoms with van der Waals surface area (Å²) in [5.41, 5.74) is 0. The van der Waals surface area contributed by atoms with Crippen molar-refractivity contribution in [3.8, 4) is 0 Å². The fraction of sp³-hybridized carbons (Fsp3) is 1.00.